The Bertz CT molecular complexity index is 859. The number of nitrogens with one attached hydrogen (secondary N) is 2. The van der Waals surface area contributed by atoms with E-state index >= 15 is 0 Å². The van der Waals surface area contributed by atoms with Crippen LogP contribution in [0, 0.1) is 11.6 Å². The lowest BCUT2D eigenvalue weighted by molar-refractivity contribution is -0.154. The summed E-state index contributed by atoms with van der Waals surface area (Å²) in [7, 11) is 0. The molecule has 2 rings (SSSR count). The van der Waals surface area contributed by atoms with Gasteiger partial charge in [0.2, 0.25) is 0 Å². The average molecular weight is 404 g/mol. The van der Waals surface area contributed by atoms with Crippen molar-refractivity contribution >= 4 is 17.8 Å². The highest BCUT2D eigenvalue weighted by molar-refractivity contribution is 5.94. The molecule has 6 nitrogen and oxygen atoms in total. The van der Waals surface area contributed by atoms with Crippen LogP contribution in [0.3, 0.4) is 0 Å². The van der Waals surface area contributed by atoms with E-state index in [-0.39, 0.29) is 24.9 Å². The van der Waals surface area contributed by atoms with Gasteiger partial charge < -0.3 is 15.4 Å². The Hall–Kier alpha value is -3.29. The molecule has 0 saturated carbocycles. The Labute approximate surface area is 167 Å². The third-order valence-electron chi connectivity index (χ3n) is 4.01. The summed E-state index contributed by atoms with van der Waals surface area (Å²) < 4.78 is 31.4. The van der Waals surface area contributed by atoms with Gasteiger partial charge in [-0.25, -0.2) is 8.78 Å². The number of amides is 2. The van der Waals surface area contributed by atoms with Gasteiger partial charge >= 0.3 is 5.97 Å². The molecule has 2 aromatic rings. The molecule has 0 aromatic heterocycles. The van der Waals surface area contributed by atoms with Gasteiger partial charge in [0.25, 0.3) is 11.8 Å². The molecule has 2 amide bonds. The normalized spacial score (nSPS) is 11.4. The highest BCUT2D eigenvalue weighted by Gasteiger charge is 2.17. The van der Waals surface area contributed by atoms with Gasteiger partial charge in [-0.1, -0.05) is 30.3 Å². The molecular weight excluding hydrogens is 382 g/mol. The third-order valence-corrected chi connectivity index (χ3v) is 4.01. The van der Waals surface area contributed by atoms with E-state index in [9.17, 15) is 23.2 Å². The van der Waals surface area contributed by atoms with Gasteiger partial charge in [-0.05, 0) is 31.0 Å². The Morgan fingerprint density at radius 3 is 2.45 bits per heavy atom. The fourth-order valence-corrected chi connectivity index (χ4v) is 2.44. The van der Waals surface area contributed by atoms with Crippen LogP contribution in [0.5, 0.6) is 0 Å². The molecule has 0 saturated heterocycles. The van der Waals surface area contributed by atoms with Crippen LogP contribution in [0.1, 0.15) is 35.7 Å². The number of ether oxygens (including phenoxy) is 1. The predicted molar refractivity (Wildman–Crippen MR) is 102 cm³/mol. The zero-order valence-electron chi connectivity index (χ0n) is 15.9. The van der Waals surface area contributed by atoms with Gasteiger partial charge in [-0.2, -0.15) is 0 Å². The van der Waals surface area contributed by atoms with Crippen LogP contribution in [0.15, 0.2) is 48.5 Å². The second kappa shape index (κ2) is 10.9. The molecular formula is C21H22F2N2O4. The Balaban J connectivity index is 1.65. The van der Waals surface area contributed by atoms with E-state index in [1.54, 1.807) is 0 Å². The Morgan fingerprint density at radius 2 is 1.76 bits per heavy atom. The lowest BCUT2D eigenvalue weighted by Gasteiger charge is -2.13. The number of carbonyl (C=O) groups is 3. The first-order valence-corrected chi connectivity index (χ1v) is 9.11. The van der Waals surface area contributed by atoms with E-state index in [2.05, 4.69) is 10.6 Å². The van der Waals surface area contributed by atoms with Crippen molar-refractivity contribution in [2.75, 3.05) is 6.54 Å². The van der Waals surface area contributed by atoms with Gasteiger partial charge in [0, 0.05) is 25.6 Å². The van der Waals surface area contributed by atoms with Crippen LogP contribution in [-0.4, -0.2) is 30.4 Å². The zero-order chi connectivity index (χ0) is 21.2. The topological polar surface area (TPSA) is 84.5 Å². The van der Waals surface area contributed by atoms with Crippen molar-refractivity contribution in [2.45, 2.75) is 32.4 Å². The average Bonchev–Trinajstić information content (AvgIpc) is 2.70. The molecule has 154 valence electrons. The van der Waals surface area contributed by atoms with Gasteiger partial charge in [-0.3, -0.25) is 14.4 Å². The van der Waals surface area contributed by atoms with Crippen LogP contribution in [0.2, 0.25) is 0 Å². The summed E-state index contributed by atoms with van der Waals surface area (Å²) in [6.07, 6.45) is -0.733. The smallest absolute Gasteiger partial charge is 0.306 e. The third kappa shape index (κ3) is 7.33. The SMILES string of the molecule is CC(OC(=O)CCCNC(=O)c1ccc(F)cc1F)C(=O)NCc1ccccc1. The highest BCUT2D eigenvalue weighted by atomic mass is 19.1. The van der Waals surface area contributed by atoms with Gasteiger partial charge in [0.1, 0.15) is 11.6 Å². The highest BCUT2D eigenvalue weighted by Crippen LogP contribution is 2.09. The summed E-state index contributed by atoms with van der Waals surface area (Å²) in [6.45, 7) is 1.89. The molecule has 0 radical (unpaired) electrons. The van der Waals surface area contributed by atoms with Crippen LogP contribution in [0.25, 0.3) is 0 Å². The molecule has 29 heavy (non-hydrogen) atoms. The molecule has 2 aromatic carbocycles. The van der Waals surface area contributed by atoms with Crippen molar-refractivity contribution < 1.29 is 27.9 Å². The molecule has 2 N–H and O–H groups in total. The van der Waals surface area contributed by atoms with E-state index in [0.717, 1.165) is 17.7 Å². The molecule has 0 aliphatic rings. The maximum Gasteiger partial charge on any atom is 0.306 e. The van der Waals surface area contributed by atoms with Crippen LogP contribution in [0.4, 0.5) is 8.78 Å². The molecule has 1 unspecified atom stereocenters. The fourth-order valence-electron chi connectivity index (χ4n) is 2.44. The van der Waals surface area contributed by atoms with Gasteiger partial charge in [-0.15, -0.1) is 0 Å². The largest absolute Gasteiger partial charge is 0.453 e. The minimum absolute atomic E-state index is 0.0253. The quantitative estimate of drug-likeness (QED) is 0.497. The molecule has 1 atom stereocenters. The summed E-state index contributed by atoms with van der Waals surface area (Å²) in [5, 5.41) is 5.12. The monoisotopic (exact) mass is 404 g/mol. The fraction of sp³-hybridized carbons (Fsp3) is 0.286. The van der Waals surface area contributed by atoms with Gasteiger partial charge in [0.05, 0.1) is 5.56 Å². The van der Waals surface area contributed by atoms with E-state index in [4.69, 9.17) is 4.74 Å². The first-order valence-electron chi connectivity index (χ1n) is 9.11. The molecule has 0 fully saturated rings. The first-order chi connectivity index (χ1) is 13.9. The molecule has 0 bridgehead atoms. The summed E-state index contributed by atoms with van der Waals surface area (Å²) in [6, 6.07) is 12.0. The van der Waals surface area contributed by atoms with Crippen molar-refractivity contribution in [3.63, 3.8) is 0 Å². The first kappa shape index (κ1) is 22.0. The minimum atomic E-state index is -0.961. The lowest BCUT2D eigenvalue weighted by Crippen LogP contribution is -2.35. The van der Waals surface area contributed by atoms with Gasteiger partial charge in [0.15, 0.2) is 6.10 Å². The summed E-state index contributed by atoms with van der Waals surface area (Å²) in [5.74, 6) is -3.44. The molecule has 0 aliphatic heterocycles. The van der Waals surface area contributed by atoms with Crippen LogP contribution in [-0.2, 0) is 20.9 Å². The number of esters is 1. The van der Waals surface area contributed by atoms with Crippen molar-refractivity contribution in [3.8, 4) is 0 Å². The molecule has 0 heterocycles. The van der Waals surface area contributed by atoms with Crippen molar-refractivity contribution in [1.82, 2.24) is 10.6 Å². The van der Waals surface area contributed by atoms with Crippen LogP contribution >= 0.6 is 0 Å². The molecule has 0 spiro atoms. The number of benzene rings is 2. The van der Waals surface area contributed by atoms with E-state index in [0.29, 0.717) is 12.6 Å². The number of hydrogen-bond donors (Lipinski definition) is 2. The second-order valence-corrected chi connectivity index (χ2v) is 6.32. The number of rotatable bonds is 9. The molecule has 0 aliphatic carbocycles. The standard InChI is InChI=1S/C21H22F2N2O4/c1-14(20(27)25-13-15-6-3-2-4-7-15)29-19(26)8-5-11-24-21(28)17-10-9-16(22)12-18(17)23/h2-4,6-7,9-10,12,14H,5,8,11,13H2,1H3,(H,24,28)(H,25,27). The Kier molecular flexibility index (Phi) is 8.27. The summed E-state index contributed by atoms with van der Waals surface area (Å²) >= 11 is 0. The predicted octanol–water partition coefficient (Wildman–Crippen LogP) is 2.72. The maximum absolute atomic E-state index is 13.5. The van der Waals surface area contributed by atoms with Crippen molar-refractivity contribution in [1.29, 1.82) is 0 Å². The number of carbonyl (C=O) groups excluding carboxylic acids is 3. The Morgan fingerprint density at radius 1 is 1.03 bits per heavy atom. The molecule has 8 heteroatoms. The summed E-state index contributed by atoms with van der Waals surface area (Å²) in [4.78, 5) is 35.6. The lowest BCUT2D eigenvalue weighted by atomic mass is 10.2. The van der Waals surface area contributed by atoms with E-state index in [1.165, 1.54) is 6.92 Å². The van der Waals surface area contributed by atoms with Crippen molar-refractivity contribution in [3.05, 3.63) is 71.3 Å². The maximum atomic E-state index is 13.5. The van der Waals surface area contributed by atoms with Crippen molar-refractivity contribution in [2.24, 2.45) is 0 Å². The number of halogens is 2. The van der Waals surface area contributed by atoms with E-state index < -0.39 is 35.5 Å². The zero-order valence-corrected chi connectivity index (χ0v) is 15.9. The second-order valence-electron chi connectivity index (χ2n) is 6.32. The summed E-state index contributed by atoms with van der Waals surface area (Å²) in [5.41, 5.74) is 0.644. The van der Waals surface area contributed by atoms with E-state index in [1.807, 2.05) is 30.3 Å². The number of hydrogen-bond acceptors (Lipinski definition) is 4. The minimum Gasteiger partial charge on any atom is -0.453 e. The van der Waals surface area contributed by atoms with Crippen LogP contribution < -0.4 is 10.6 Å².